The molecular formula is C33H29N3O3. The highest BCUT2D eigenvalue weighted by Gasteiger charge is 2.16. The number of hydrogen-bond donors (Lipinski definition) is 1. The minimum absolute atomic E-state index is 0.272. The van der Waals surface area contributed by atoms with Gasteiger partial charge < -0.3 is 14.8 Å². The first kappa shape index (κ1) is 25.7. The second-order valence-electron chi connectivity index (χ2n) is 9.06. The van der Waals surface area contributed by atoms with Gasteiger partial charge >= 0.3 is 0 Å². The molecule has 0 aliphatic carbocycles. The first-order valence-corrected chi connectivity index (χ1v) is 12.8. The van der Waals surface area contributed by atoms with Gasteiger partial charge in [0, 0.05) is 29.2 Å². The quantitative estimate of drug-likeness (QED) is 0.229. The molecule has 0 fully saturated rings. The zero-order valence-corrected chi connectivity index (χ0v) is 22.1. The lowest BCUT2D eigenvalue weighted by Crippen LogP contribution is -2.13. The third kappa shape index (κ3) is 5.80. The van der Waals surface area contributed by atoms with E-state index in [-0.39, 0.29) is 5.91 Å². The Morgan fingerprint density at radius 3 is 2.44 bits per heavy atom. The third-order valence-corrected chi connectivity index (χ3v) is 6.47. The molecule has 1 amide bonds. The van der Waals surface area contributed by atoms with Crippen molar-refractivity contribution in [2.24, 2.45) is 0 Å². The smallest absolute Gasteiger partial charge is 0.255 e. The summed E-state index contributed by atoms with van der Waals surface area (Å²) in [5, 5.41) is 3.01. The number of ether oxygens (including phenoxy) is 2. The number of rotatable bonds is 8. The van der Waals surface area contributed by atoms with Crippen LogP contribution in [0.25, 0.3) is 22.3 Å². The summed E-state index contributed by atoms with van der Waals surface area (Å²) in [4.78, 5) is 22.2. The van der Waals surface area contributed by atoms with Crippen LogP contribution in [0.1, 0.15) is 28.5 Å². The Morgan fingerprint density at radius 2 is 1.64 bits per heavy atom. The van der Waals surface area contributed by atoms with E-state index in [4.69, 9.17) is 9.47 Å². The Labute approximate surface area is 228 Å². The maximum absolute atomic E-state index is 13.4. The van der Waals surface area contributed by atoms with Crippen molar-refractivity contribution in [1.82, 2.24) is 9.97 Å². The van der Waals surface area contributed by atoms with Crippen molar-refractivity contribution in [3.63, 3.8) is 0 Å². The molecule has 0 saturated carbocycles. The highest BCUT2D eigenvalue weighted by molar-refractivity contribution is 6.05. The molecule has 0 atom stereocenters. The molecule has 1 N–H and O–H groups in total. The topological polar surface area (TPSA) is 73.3 Å². The molecule has 3 aromatic carbocycles. The Balaban J connectivity index is 1.42. The predicted octanol–water partition coefficient (Wildman–Crippen LogP) is 7.73. The van der Waals surface area contributed by atoms with Gasteiger partial charge in [-0.3, -0.25) is 9.78 Å². The van der Waals surface area contributed by atoms with Crippen molar-refractivity contribution in [1.29, 1.82) is 0 Å². The van der Waals surface area contributed by atoms with Crippen LogP contribution in [-0.4, -0.2) is 23.0 Å². The number of benzene rings is 3. The highest BCUT2D eigenvalue weighted by atomic mass is 16.5. The minimum atomic E-state index is -0.272. The van der Waals surface area contributed by atoms with Crippen LogP contribution < -0.4 is 14.8 Å². The van der Waals surface area contributed by atoms with Crippen molar-refractivity contribution in [3.05, 3.63) is 120 Å². The number of carbonyl (C=O) groups is 1. The molecule has 0 unspecified atom stereocenters. The zero-order valence-electron chi connectivity index (χ0n) is 22.1. The van der Waals surface area contributed by atoms with Crippen LogP contribution in [0.5, 0.6) is 17.4 Å². The fourth-order valence-corrected chi connectivity index (χ4v) is 4.30. The Morgan fingerprint density at radius 1 is 0.795 bits per heavy atom. The fraction of sp³-hybridized carbons (Fsp3) is 0.121. The van der Waals surface area contributed by atoms with Gasteiger partial charge in [-0.2, -0.15) is 0 Å². The van der Waals surface area contributed by atoms with Crippen LogP contribution in [0.2, 0.25) is 0 Å². The number of amides is 1. The van der Waals surface area contributed by atoms with Gasteiger partial charge in [-0.05, 0) is 84.1 Å². The molecule has 2 aromatic heterocycles. The number of anilines is 1. The first-order valence-electron chi connectivity index (χ1n) is 12.8. The van der Waals surface area contributed by atoms with Crippen molar-refractivity contribution in [2.75, 3.05) is 12.4 Å². The van der Waals surface area contributed by atoms with Crippen molar-refractivity contribution >= 4 is 11.6 Å². The largest absolute Gasteiger partial charge is 0.495 e. The van der Waals surface area contributed by atoms with Gasteiger partial charge in [0.1, 0.15) is 11.5 Å². The highest BCUT2D eigenvalue weighted by Crippen LogP contribution is 2.34. The molecule has 39 heavy (non-hydrogen) atoms. The number of nitrogens with zero attached hydrogens (tertiary/aromatic N) is 2. The molecule has 5 aromatic rings. The average Bonchev–Trinajstić information content (AvgIpc) is 2.99. The van der Waals surface area contributed by atoms with Gasteiger partial charge in [0.05, 0.1) is 12.8 Å². The summed E-state index contributed by atoms with van der Waals surface area (Å²) >= 11 is 0. The van der Waals surface area contributed by atoms with Crippen LogP contribution >= 0.6 is 0 Å². The third-order valence-electron chi connectivity index (χ3n) is 6.47. The molecule has 194 valence electrons. The number of pyridine rings is 2. The summed E-state index contributed by atoms with van der Waals surface area (Å²) in [6.07, 6.45) is 4.32. The lowest BCUT2D eigenvalue weighted by Gasteiger charge is -2.15. The lowest BCUT2D eigenvalue weighted by atomic mass is 10.0. The molecule has 0 saturated heterocycles. The maximum atomic E-state index is 13.4. The molecule has 2 heterocycles. The molecule has 6 nitrogen and oxygen atoms in total. The van der Waals surface area contributed by atoms with Crippen LogP contribution in [0, 0.1) is 6.92 Å². The van der Waals surface area contributed by atoms with Crippen LogP contribution in [0.3, 0.4) is 0 Å². The second kappa shape index (κ2) is 11.6. The molecule has 0 bridgehead atoms. The Hall–Kier alpha value is -4.97. The Bertz CT molecular complexity index is 1620. The summed E-state index contributed by atoms with van der Waals surface area (Å²) in [5.74, 6) is 1.32. The van der Waals surface area contributed by atoms with Crippen LogP contribution in [0.4, 0.5) is 5.69 Å². The standard InChI is InChI=1S/C33H29N3O3/c1-4-27-19-25(16-18-34-27)28-11-8-17-35-33(28)39-31-21-26(13-12-22(31)2)32(37)36-29-20-24(14-15-30(29)38-3)23-9-6-5-7-10-23/h5-21H,4H2,1-3H3,(H,36,37). The molecular weight excluding hydrogens is 486 g/mol. The maximum Gasteiger partial charge on any atom is 0.255 e. The van der Waals surface area contributed by atoms with E-state index in [2.05, 4.69) is 22.2 Å². The number of hydrogen-bond acceptors (Lipinski definition) is 5. The summed E-state index contributed by atoms with van der Waals surface area (Å²) in [7, 11) is 1.59. The monoisotopic (exact) mass is 515 g/mol. The second-order valence-corrected chi connectivity index (χ2v) is 9.06. The van der Waals surface area contributed by atoms with E-state index in [1.807, 2.05) is 85.8 Å². The predicted molar refractivity (Wildman–Crippen MR) is 154 cm³/mol. The van der Waals surface area contributed by atoms with E-state index < -0.39 is 0 Å². The first-order chi connectivity index (χ1) is 19.1. The SMILES string of the molecule is CCc1cc(-c2cccnc2Oc2cc(C(=O)Nc3cc(-c4ccccc4)ccc3OC)ccc2C)ccn1. The number of methoxy groups -OCH3 is 1. The zero-order chi connectivity index (χ0) is 27.2. The van der Waals surface area contributed by atoms with Crippen molar-refractivity contribution in [3.8, 4) is 39.6 Å². The van der Waals surface area contributed by atoms with E-state index >= 15 is 0 Å². The summed E-state index contributed by atoms with van der Waals surface area (Å²) in [6.45, 7) is 4.01. The summed E-state index contributed by atoms with van der Waals surface area (Å²) in [5.41, 5.74) is 6.77. The van der Waals surface area contributed by atoms with E-state index in [1.54, 1.807) is 31.6 Å². The van der Waals surface area contributed by atoms with Gasteiger partial charge in [-0.25, -0.2) is 4.98 Å². The molecule has 0 spiro atoms. The molecule has 0 radical (unpaired) electrons. The van der Waals surface area contributed by atoms with Crippen molar-refractivity contribution in [2.45, 2.75) is 20.3 Å². The van der Waals surface area contributed by atoms with Gasteiger partial charge in [-0.1, -0.05) is 49.4 Å². The van der Waals surface area contributed by atoms with E-state index in [1.165, 1.54) is 0 Å². The lowest BCUT2D eigenvalue weighted by molar-refractivity contribution is 0.102. The normalized spacial score (nSPS) is 10.6. The van der Waals surface area contributed by atoms with Crippen LogP contribution in [0.15, 0.2) is 103 Å². The minimum Gasteiger partial charge on any atom is -0.495 e. The van der Waals surface area contributed by atoms with Gasteiger partial charge in [0.15, 0.2) is 0 Å². The summed E-state index contributed by atoms with van der Waals surface area (Å²) < 4.78 is 11.8. The fourth-order valence-electron chi connectivity index (χ4n) is 4.30. The number of nitrogens with one attached hydrogen (secondary N) is 1. The Kier molecular flexibility index (Phi) is 7.64. The van der Waals surface area contributed by atoms with Gasteiger partial charge in [-0.15, -0.1) is 0 Å². The van der Waals surface area contributed by atoms with E-state index in [0.717, 1.165) is 39.9 Å². The molecule has 0 aliphatic heterocycles. The summed E-state index contributed by atoms with van der Waals surface area (Å²) in [6, 6.07) is 28.9. The average molecular weight is 516 g/mol. The number of aromatic nitrogens is 2. The molecule has 5 rings (SSSR count). The van der Waals surface area contributed by atoms with Crippen LogP contribution in [-0.2, 0) is 6.42 Å². The van der Waals surface area contributed by atoms with E-state index in [0.29, 0.717) is 28.6 Å². The van der Waals surface area contributed by atoms with Gasteiger partial charge in [0.2, 0.25) is 5.88 Å². The number of carbonyl (C=O) groups excluding carboxylic acids is 1. The number of aryl methyl sites for hydroxylation is 2. The molecule has 6 heteroatoms. The van der Waals surface area contributed by atoms with Crippen molar-refractivity contribution < 1.29 is 14.3 Å². The van der Waals surface area contributed by atoms with Gasteiger partial charge in [0.25, 0.3) is 5.91 Å². The van der Waals surface area contributed by atoms with E-state index in [9.17, 15) is 4.79 Å². The molecule has 0 aliphatic rings.